The first kappa shape index (κ1) is 10.8. The molecular weight excluding hydrogens is 255 g/mol. The highest BCUT2D eigenvalue weighted by atomic mass is 35.5. The Morgan fingerprint density at radius 1 is 1.50 bits per heavy atom. The zero-order chi connectivity index (χ0) is 14.8. The van der Waals surface area contributed by atoms with Crippen molar-refractivity contribution in [3.05, 3.63) is 34.6 Å². The molecule has 2 rings (SSSR count). The standard InChI is InChI=1S/C13H16ClFN2O/c14-11-5-10(6-12(15)7-11)13(18)17-8-9-1-3-16-4-2-9/h5-7,9,16H,1-4,8H2,(H,17,18)/i8D2. The van der Waals surface area contributed by atoms with Crippen molar-refractivity contribution in [2.24, 2.45) is 5.92 Å². The van der Waals surface area contributed by atoms with Crippen LogP contribution < -0.4 is 10.6 Å². The first-order valence-electron chi connectivity index (χ1n) is 6.88. The largest absolute Gasteiger partial charge is 0.352 e. The molecule has 1 aromatic rings. The molecule has 1 heterocycles. The van der Waals surface area contributed by atoms with E-state index in [1.165, 1.54) is 6.07 Å². The Bertz CT molecular complexity index is 487. The van der Waals surface area contributed by atoms with Crippen molar-refractivity contribution in [2.45, 2.75) is 12.8 Å². The van der Waals surface area contributed by atoms with Gasteiger partial charge in [-0.1, -0.05) is 11.6 Å². The molecule has 1 aliphatic rings. The summed E-state index contributed by atoms with van der Waals surface area (Å²) in [5.74, 6) is -1.53. The molecule has 0 spiro atoms. The second-order valence-corrected chi connectivity index (χ2v) is 4.72. The van der Waals surface area contributed by atoms with Gasteiger partial charge in [0.25, 0.3) is 5.91 Å². The molecule has 0 aromatic heterocycles. The summed E-state index contributed by atoms with van der Waals surface area (Å²) in [6.45, 7) is -0.365. The van der Waals surface area contributed by atoms with E-state index in [2.05, 4.69) is 10.6 Å². The number of carbonyl (C=O) groups excluding carboxylic acids is 1. The highest BCUT2D eigenvalue weighted by molar-refractivity contribution is 6.31. The van der Waals surface area contributed by atoms with Crippen molar-refractivity contribution in [1.82, 2.24) is 10.6 Å². The Labute approximate surface area is 114 Å². The number of carbonyl (C=O) groups is 1. The normalized spacial score (nSPS) is 19.0. The first-order valence-corrected chi connectivity index (χ1v) is 6.25. The number of piperidine rings is 1. The van der Waals surface area contributed by atoms with E-state index in [9.17, 15) is 9.18 Å². The molecule has 1 saturated heterocycles. The number of benzene rings is 1. The summed E-state index contributed by atoms with van der Waals surface area (Å²) in [5, 5.41) is 5.59. The van der Waals surface area contributed by atoms with Gasteiger partial charge in [-0.2, -0.15) is 0 Å². The molecule has 5 heteroatoms. The fourth-order valence-corrected chi connectivity index (χ4v) is 2.11. The van der Waals surface area contributed by atoms with E-state index in [-0.39, 0.29) is 16.5 Å². The molecule has 0 saturated carbocycles. The molecule has 0 aliphatic carbocycles. The third-order valence-corrected chi connectivity index (χ3v) is 3.07. The van der Waals surface area contributed by atoms with Crippen LogP contribution in [0.2, 0.25) is 5.02 Å². The van der Waals surface area contributed by atoms with Crippen LogP contribution in [-0.4, -0.2) is 25.5 Å². The number of halogens is 2. The molecule has 0 atom stereocenters. The van der Waals surface area contributed by atoms with Crippen LogP contribution in [0.25, 0.3) is 0 Å². The number of rotatable bonds is 3. The molecule has 98 valence electrons. The molecule has 1 aliphatic heterocycles. The molecule has 18 heavy (non-hydrogen) atoms. The van der Waals surface area contributed by atoms with E-state index in [0.717, 1.165) is 25.2 Å². The Kier molecular flexibility index (Phi) is 3.68. The number of hydrogen-bond donors (Lipinski definition) is 2. The first-order chi connectivity index (χ1) is 9.38. The Hall–Kier alpha value is -1.13. The summed E-state index contributed by atoms with van der Waals surface area (Å²) >= 11 is 5.69. The van der Waals surface area contributed by atoms with Gasteiger partial charge in [-0.25, -0.2) is 4.39 Å². The lowest BCUT2D eigenvalue weighted by atomic mass is 9.98. The fraction of sp³-hybridized carbons (Fsp3) is 0.462. The zero-order valence-electron chi connectivity index (χ0n) is 11.8. The van der Waals surface area contributed by atoms with Gasteiger partial charge in [-0.3, -0.25) is 4.79 Å². The van der Waals surface area contributed by atoms with Gasteiger partial charge in [0, 0.05) is 19.8 Å². The maximum Gasteiger partial charge on any atom is 0.251 e. The highest BCUT2D eigenvalue weighted by Gasteiger charge is 2.15. The van der Waals surface area contributed by atoms with Gasteiger partial charge in [0.1, 0.15) is 5.82 Å². The average Bonchev–Trinajstić information content (AvgIpc) is 2.38. The van der Waals surface area contributed by atoms with E-state index < -0.39 is 18.2 Å². The minimum absolute atomic E-state index is 0.0211. The second-order valence-electron chi connectivity index (χ2n) is 4.28. The molecule has 0 radical (unpaired) electrons. The molecule has 1 fully saturated rings. The number of nitrogens with one attached hydrogen (secondary N) is 2. The summed E-state index contributed by atoms with van der Waals surface area (Å²) in [5.41, 5.74) is 0.0211. The lowest BCUT2D eigenvalue weighted by Crippen LogP contribution is -2.36. The van der Waals surface area contributed by atoms with Crippen molar-refractivity contribution < 1.29 is 11.9 Å². The van der Waals surface area contributed by atoms with E-state index in [4.69, 9.17) is 14.3 Å². The SMILES string of the molecule is [2H]C([2H])(NC(=O)c1cc(F)cc(Cl)c1)C1CCNCC1. The Morgan fingerprint density at radius 3 is 2.89 bits per heavy atom. The van der Waals surface area contributed by atoms with Gasteiger partial charge in [0.2, 0.25) is 0 Å². The van der Waals surface area contributed by atoms with Crippen molar-refractivity contribution >= 4 is 17.5 Å². The second kappa shape index (κ2) is 6.16. The fourth-order valence-electron chi connectivity index (χ4n) is 1.89. The summed E-state index contributed by atoms with van der Waals surface area (Å²) in [6.07, 6.45) is 1.30. The van der Waals surface area contributed by atoms with Gasteiger partial charge in [-0.15, -0.1) is 0 Å². The van der Waals surface area contributed by atoms with E-state index in [0.29, 0.717) is 12.8 Å². The Balaban J connectivity index is 2.09. The minimum Gasteiger partial charge on any atom is -0.352 e. The maximum atomic E-state index is 13.2. The van der Waals surface area contributed by atoms with Gasteiger partial charge in [0.15, 0.2) is 0 Å². The summed E-state index contributed by atoms with van der Waals surface area (Å²) in [6, 6.07) is 3.46. The van der Waals surface area contributed by atoms with Gasteiger partial charge in [-0.05, 0) is 50.0 Å². The zero-order valence-corrected chi connectivity index (χ0v) is 10.6. The molecular formula is C13H16ClFN2O. The molecule has 0 unspecified atom stereocenters. The molecule has 3 nitrogen and oxygen atoms in total. The van der Waals surface area contributed by atoms with E-state index in [1.807, 2.05) is 0 Å². The predicted octanol–water partition coefficient (Wildman–Crippen LogP) is 2.21. The predicted molar refractivity (Wildman–Crippen MR) is 69.3 cm³/mol. The van der Waals surface area contributed by atoms with Crippen molar-refractivity contribution in [2.75, 3.05) is 19.6 Å². The van der Waals surface area contributed by atoms with Crippen molar-refractivity contribution in [3.63, 3.8) is 0 Å². The van der Waals surface area contributed by atoms with Crippen LogP contribution in [0.4, 0.5) is 4.39 Å². The minimum atomic E-state index is -1.82. The Morgan fingerprint density at radius 2 is 2.22 bits per heavy atom. The van der Waals surface area contributed by atoms with E-state index in [1.54, 1.807) is 0 Å². The smallest absolute Gasteiger partial charge is 0.251 e. The molecule has 1 amide bonds. The maximum absolute atomic E-state index is 13.2. The van der Waals surface area contributed by atoms with Crippen LogP contribution >= 0.6 is 11.6 Å². The molecule has 0 bridgehead atoms. The van der Waals surface area contributed by atoms with Gasteiger partial charge >= 0.3 is 0 Å². The van der Waals surface area contributed by atoms with Gasteiger partial charge in [0.05, 0.1) is 0 Å². The lowest BCUT2D eigenvalue weighted by Gasteiger charge is -2.22. The highest BCUT2D eigenvalue weighted by Crippen LogP contribution is 2.15. The lowest BCUT2D eigenvalue weighted by molar-refractivity contribution is 0.0944. The van der Waals surface area contributed by atoms with Crippen LogP contribution in [0, 0.1) is 11.7 Å². The molecule has 2 N–H and O–H groups in total. The van der Waals surface area contributed by atoms with Gasteiger partial charge < -0.3 is 10.6 Å². The summed E-state index contributed by atoms with van der Waals surface area (Å²) in [7, 11) is 0. The van der Waals surface area contributed by atoms with Crippen LogP contribution in [0.5, 0.6) is 0 Å². The van der Waals surface area contributed by atoms with Crippen molar-refractivity contribution in [3.8, 4) is 0 Å². The number of hydrogen-bond acceptors (Lipinski definition) is 2. The third kappa shape index (κ3) is 3.68. The van der Waals surface area contributed by atoms with E-state index >= 15 is 0 Å². The monoisotopic (exact) mass is 272 g/mol. The summed E-state index contributed by atoms with van der Waals surface area (Å²) < 4.78 is 29.2. The quantitative estimate of drug-likeness (QED) is 0.886. The van der Waals surface area contributed by atoms with Crippen LogP contribution in [0.15, 0.2) is 18.2 Å². The topological polar surface area (TPSA) is 41.1 Å². The summed E-state index contributed by atoms with van der Waals surface area (Å²) in [4.78, 5) is 12.0. The van der Waals surface area contributed by atoms with Crippen LogP contribution in [0.3, 0.4) is 0 Å². The van der Waals surface area contributed by atoms with Crippen LogP contribution in [-0.2, 0) is 0 Å². The average molecular weight is 273 g/mol. The number of amides is 1. The molecule has 1 aromatic carbocycles. The van der Waals surface area contributed by atoms with Crippen molar-refractivity contribution in [1.29, 1.82) is 0 Å². The third-order valence-electron chi connectivity index (χ3n) is 2.85. The van der Waals surface area contributed by atoms with Crippen LogP contribution in [0.1, 0.15) is 25.9 Å².